The predicted molar refractivity (Wildman–Crippen MR) is 152 cm³/mol. The fraction of sp³-hybridized carbons (Fsp3) is 0.519. The fourth-order valence-electron chi connectivity index (χ4n) is 5.02. The first kappa shape index (κ1) is 29.2. The van der Waals surface area contributed by atoms with Gasteiger partial charge >= 0.3 is 6.18 Å². The number of nitrogens with one attached hydrogen (secondary N) is 1. The Morgan fingerprint density at radius 3 is 2.39 bits per heavy atom. The van der Waals surface area contributed by atoms with Gasteiger partial charge < -0.3 is 14.1 Å². The van der Waals surface area contributed by atoms with E-state index in [4.69, 9.17) is 20.8 Å². The van der Waals surface area contributed by atoms with Crippen LogP contribution >= 0.6 is 27.5 Å². The first-order chi connectivity index (χ1) is 17.5. The zero-order chi connectivity index (χ0) is 28.3. The smallest absolute Gasteiger partial charge is 0.433 e. The molecule has 1 saturated carbocycles. The number of aromatic amines is 1. The average molecular weight is 633 g/mol. The molecule has 2 aromatic heterocycles. The third-order valence-electron chi connectivity index (χ3n) is 7.92. The number of halogens is 5. The summed E-state index contributed by atoms with van der Waals surface area (Å²) in [5.74, 6) is 0.490. The number of nitrogens with zero attached hydrogens (tertiary/aromatic N) is 2. The Bertz CT molecular complexity index is 1320. The third-order valence-corrected chi connectivity index (χ3v) is 13.5. The Morgan fingerprint density at radius 2 is 1.84 bits per heavy atom. The molecule has 5 nitrogen and oxygen atoms in total. The van der Waals surface area contributed by atoms with Crippen molar-refractivity contribution < 1.29 is 22.3 Å². The standard InChI is InChI=1S/C27H34BrClF3N3O2Si/c1-25(2,3)38(6,7)37-26(4)11-16(12-26)35-24(27(30,31)32)20(15-34-35)23-18(13-28)19(14-33-23)17-9-8-10-21(36-5)22(17)29/h8-10,14-16,33H,11-13H2,1-7H3. The lowest BCUT2D eigenvalue weighted by Crippen LogP contribution is -2.54. The van der Waals surface area contributed by atoms with Gasteiger partial charge in [-0.15, -0.1) is 0 Å². The molecule has 4 rings (SSSR count). The summed E-state index contributed by atoms with van der Waals surface area (Å²) in [4.78, 5) is 3.07. The first-order valence-corrected chi connectivity index (χ1v) is 16.9. The summed E-state index contributed by atoms with van der Waals surface area (Å²) in [5, 5.41) is 4.99. The van der Waals surface area contributed by atoms with Gasteiger partial charge in [0.05, 0.1) is 35.7 Å². The van der Waals surface area contributed by atoms with Crippen molar-refractivity contribution in [3.63, 3.8) is 0 Å². The lowest BCUT2D eigenvalue weighted by molar-refractivity contribution is -0.148. The monoisotopic (exact) mass is 631 g/mol. The van der Waals surface area contributed by atoms with Gasteiger partial charge in [0, 0.05) is 28.2 Å². The summed E-state index contributed by atoms with van der Waals surface area (Å²) in [6, 6.07) is 4.95. The van der Waals surface area contributed by atoms with Crippen LogP contribution in [0.2, 0.25) is 23.2 Å². The molecule has 0 amide bonds. The van der Waals surface area contributed by atoms with E-state index in [-0.39, 0.29) is 10.6 Å². The summed E-state index contributed by atoms with van der Waals surface area (Å²) in [7, 11) is -0.554. The first-order valence-electron chi connectivity index (χ1n) is 12.5. The maximum absolute atomic E-state index is 14.5. The van der Waals surface area contributed by atoms with E-state index in [0.29, 0.717) is 51.3 Å². The van der Waals surface area contributed by atoms with Crippen molar-refractivity contribution in [2.45, 2.75) is 81.8 Å². The van der Waals surface area contributed by atoms with Crippen molar-refractivity contribution in [2.24, 2.45) is 0 Å². The van der Waals surface area contributed by atoms with Crippen molar-refractivity contribution >= 4 is 35.8 Å². The molecule has 0 aliphatic heterocycles. The molecule has 38 heavy (non-hydrogen) atoms. The van der Waals surface area contributed by atoms with E-state index >= 15 is 0 Å². The number of aromatic nitrogens is 3. The van der Waals surface area contributed by atoms with E-state index in [1.54, 1.807) is 18.3 Å². The van der Waals surface area contributed by atoms with E-state index in [9.17, 15) is 13.2 Å². The second-order valence-corrected chi connectivity index (χ2v) is 17.4. The van der Waals surface area contributed by atoms with Gasteiger partial charge in [0.25, 0.3) is 0 Å². The number of ether oxygens (including phenoxy) is 1. The molecule has 11 heteroatoms. The number of rotatable bonds is 7. The minimum absolute atomic E-state index is 0.0103. The number of methoxy groups -OCH3 is 1. The van der Waals surface area contributed by atoms with Crippen LogP contribution < -0.4 is 4.74 Å². The maximum Gasteiger partial charge on any atom is 0.433 e. The number of hydrogen-bond donors (Lipinski definition) is 1. The van der Waals surface area contributed by atoms with Gasteiger partial charge in [-0.25, -0.2) is 0 Å². The number of alkyl halides is 4. The quantitative estimate of drug-likeness (QED) is 0.209. The Kier molecular flexibility index (Phi) is 7.71. The SMILES string of the molecule is COc1cccc(-c2c[nH]c(-c3cnn(C4CC(C)(O[Si](C)(C)C(C)(C)C)C4)c3C(F)(F)F)c2CBr)c1Cl. The Balaban J connectivity index is 1.71. The molecule has 3 aromatic rings. The predicted octanol–water partition coefficient (Wildman–Crippen LogP) is 9.24. The summed E-state index contributed by atoms with van der Waals surface area (Å²) in [5.41, 5.74) is 1.16. The Morgan fingerprint density at radius 1 is 1.18 bits per heavy atom. The molecule has 0 bridgehead atoms. The highest BCUT2D eigenvalue weighted by atomic mass is 79.9. The van der Waals surface area contributed by atoms with Crippen LogP contribution in [0.3, 0.4) is 0 Å². The van der Waals surface area contributed by atoms with Crippen molar-refractivity contribution in [1.29, 1.82) is 0 Å². The summed E-state index contributed by atoms with van der Waals surface area (Å²) in [6.45, 7) is 12.8. The molecule has 1 aliphatic carbocycles. The molecule has 208 valence electrons. The molecule has 1 aliphatic rings. The van der Waals surface area contributed by atoms with Crippen molar-refractivity contribution in [3.05, 3.63) is 46.9 Å². The van der Waals surface area contributed by atoms with Crippen LogP contribution in [0, 0.1) is 0 Å². The van der Waals surface area contributed by atoms with Crippen LogP contribution in [0.1, 0.15) is 57.8 Å². The average Bonchev–Trinajstić information content (AvgIpc) is 3.40. The van der Waals surface area contributed by atoms with Crippen LogP contribution in [0.5, 0.6) is 5.75 Å². The molecule has 1 aromatic carbocycles. The molecule has 0 spiro atoms. The molecule has 1 N–H and O–H groups in total. The van der Waals surface area contributed by atoms with E-state index in [1.807, 2.05) is 13.0 Å². The summed E-state index contributed by atoms with van der Waals surface area (Å²) < 4.78 is 56.7. The molecular formula is C27H34BrClF3N3O2Si. The van der Waals surface area contributed by atoms with Gasteiger partial charge in [-0.2, -0.15) is 18.3 Å². The largest absolute Gasteiger partial charge is 0.495 e. The van der Waals surface area contributed by atoms with Gasteiger partial charge in [0.15, 0.2) is 14.0 Å². The van der Waals surface area contributed by atoms with Crippen LogP contribution in [0.25, 0.3) is 22.4 Å². The fourth-order valence-corrected chi connectivity index (χ4v) is 7.61. The molecule has 0 unspecified atom stereocenters. The second-order valence-electron chi connectivity index (χ2n) is 11.7. The number of benzene rings is 1. The van der Waals surface area contributed by atoms with Crippen LogP contribution in [-0.2, 0) is 15.9 Å². The van der Waals surface area contributed by atoms with Crippen LogP contribution in [0.4, 0.5) is 13.2 Å². The molecule has 0 atom stereocenters. The number of H-pyrrole nitrogens is 1. The second kappa shape index (κ2) is 10.0. The third kappa shape index (κ3) is 5.21. The van der Waals surface area contributed by atoms with E-state index in [1.165, 1.54) is 13.3 Å². The zero-order valence-electron chi connectivity index (χ0n) is 22.7. The minimum atomic E-state index is -4.60. The highest BCUT2D eigenvalue weighted by Gasteiger charge is 2.51. The maximum atomic E-state index is 14.5. The molecule has 2 heterocycles. The van der Waals surface area contributed by atoms with E-state index in [2.05, 4.69) is 59.9 Å². The molecular weight excluding hydrogens is 599 g/mol. The topological polar surface area (TPSA) is 52.1 Å². The lowest BCUT2D eigenvalue weighted by atomic mass is 9.77. The Hall–Kier alpha value is -1.75. The van der Waals surface area contributed by atoms with Gasteiger partial charge in [-0.3, -0.25) is 4.68 Å². The van der Waals surface area contributed by atoms with Gasteiger partial charge in [-0.1, -0.05) is 60.4 Å². The normalized spacial score (nSPS) is 20.5. The lowest BCUT2D eigenvalue weighted by Gasteiger charge is -2.52. The molecule has 0 radical (unpaired) electrons. The molecule has 1 fully saturated rings. The van der Waals surface area contributed by atoms with Gasteiger partial charge in [0.1, 0.15) is 5.75 Å². The van der Waals surface area contributed by atoms with Crippen molar-refractivity contribution in [3.8, 4) is 28.1 Å². The van der Waals surface area contributed by atoms with Gasteiger partial charge in [-0.05, 0) is 49.5 Å². The van der Waals surface area contributed by atoms with Crippen molar-refractivity contribution in [1.82, 2.24) is 14.8 Å². The van der Waals surface area contributed by atoms with Crippen LogP contribution in [-0.4, -0.2) is 35.8 Å². The van der Waals surface area contributed by atoms with E-state index < -0.39 is 31.8 Å². The van der Waals surface area contributed by atoms with Crippen molar-refractivity contribution in [2.75, 3.05) is 7.11 Å². The highest BCUT2D eigenvalue weighted by Crippen LogP contribution is 2.51. The minimum Gasteiger partial charge on any atom is -0.495 e. The zero-order valence-corrected chi connectivity index (χ0v) is 26.0. The summed E-state index contributed by atoms with van der Waals surface area (Å²) in [6.07, 6.45) is -0.658. The highest BCUT2D eigenvalue weighted by molar-refractivity contribution is 9.08. The number of hydrogen-bond acceptors (Lipinski definition) is 3. The summed E-state index contributed by atoms with van der Waals surface area (Å²) >= 11 is 10.0. The van der Waals surface area contributed by atoms with Crippen LogP contribution in [0.15, 0.2) is 30.6 Å². The van der Waals surface area contributed by atoms with Gasteiger partial charge in [0.2, 0.25) is 0 Å². The molecule has 0 saturated heterocycles. The Labute approximate surface area is 236 Å². The van der Waals surface area contributed by atoms with E-state index in [0.717, 1.165) is 4.68 Å².